The molecule has 0 atom stereocenters. The predicted molar refractivity (Wildman–Crippen MR) is 118 cm³/mol. The number of fused-ring (bicyclic) bond motifs is 1. The van der Waals surface area contributed by atoms with Gasteiger partial charge in [-0.3, -0.25) is 14.2 Å². The van der Waals surface area contributed by atoms with E-state index < -0.39 is 0 Å². The molecule has 0 unspecified atom stereocenters. The van der Waals surface area contributed by atoms with Crippen molar-refractivity contribution in [2.24, 2.45) is 0 Å². The molecule has 0 aliphatic rings. The van der Waals surface area contributed by atoms with Gasteiger partial charge in [0.05, 0.1) is 43.7 Å². The molecule has 0 saturated carbocycles. The minimum atomic E-state index is -0.178. The fourth-order valence-corrected chi connectivity index (χ4v) is 4.07. The Labute approximate surface area is 182 Å². The minimum Gasteiger partial charge on any atom is -0.493 e. The number of Topliss-reactive ketones (excluding diaryl/α,β-unsaturated/α-hetero) is 1. The van der Waals surface area contributed by atoms with Crippen molar-refractivity contribution in [1.29, 1.82) is 0 Å². The van der Waals surface area contributed by atoms with Crippen LogP contribution in [0, 0.1) is 0 Å². The number of hydrogen-bond acceptors (Lipinski definition) is 7. The number of aromatic nitrogens is 2. The fourth-order valence-electron chi connectivity index (χ4n) is 3.18. The summed E-state index contributed by atoms with van der Waals surface area (Å²) in [4.78, 5) is 30.5. The second-order valence-electron chi connectivity index (χ2n) is 6.66. The van der Waals surface area contributed by atoms with Crippen LogP contribution in [0.25, 0.3) is 10.9 Å². The third-order valence-corrected chi connectivity index (χ3v) is 5.73. The first-order valence-electron chi connectivity index (χ1n) is 9.50. The summed E-state index contributed by atoms with van der Waals surface area (Å²) < 4.78 is 17.4. The van der Waals surface area contributed by atoms with Crippen LogP contribution >= 0.6 is 11.8 Å². The zero-order chi connectivity index (χ0) is 21.8. The van der Waals surface area contributed by atoms with E-state index in [1.54, 1.807) is 61.9 Å². The zero-order valence-electron chi connectivity index (χ0n) is 17.0. The Balaban J connectivity index is 1.64. The Morgan fingerprint density at radius 3 is 2.61 bits per heavy atom. The highest BCUT2D eigenvalue weighted by Gasteiger charge is 2.16. The molecule has 158 valence electrons. The Morgan fingerprint density at radius 1 is 1.06 bits per heavy atom. The summed E-state index contributed by atoms with van der Waals surface area (Å²) in [5.74, 6) is 1.66. The third kappa shape index (κ3) is 4.34. The summed E-state index contributed by atoms with van der Waals surface area (Å²) >= 11 is 1.21. The van der Waals surface area contributed by atoms with Crippen molar-refractivity contribution in [2.75, 3.05) is 20.0 Å². The van der Waals surface area contributed by atoms with Crippen molar-refractivity contribution < 1.29 is 18.7 Å². The molecule has 4 rings (SSSR count). The zero-order valence-corrected chi connectivity index (χ0v) is 17.8. The number of para-hydroxylation sites is 1. The van der Waals surface area contributed by atoms with E-state index >= 15 is 0 Å². The van der Waals surface area contributed by atoms with Crippen molar-refractivity contribution in [3.8, 4) is 11.5 Å². The summed E-state index contributed by atoms with van der Waals surface area (Å²) in [6.07, 6.45) is 1.56. The Hall–Kier alpha value is -3.52. The molecule has 0 N–H and O–H groups in total. The molecule has 0 saturated heterocycles. The van der Waals surface area contributed by atoms with Gasteiger partial charge >= 0.3 is 0 Å². The van der Waals surface area contributed by atoms with Gasteiger partial charge in [-0.1, -0.05) is 23.9 Å². The maximum absolute atomic E-state index is 13.1. The van der Waals surface area contributed by atoms with Gasteiger partial charge in [0.1, 0.15) is 5.76 Å². The molecule has 4 aromatic rings. The Kier molecular flexibility index (Phi) is 6.08. The van der Waals surface area contributed by atoms with Gasteiger partial charge in [-0.05, 0) is 42.5 Å². The monoisotopic (exact) mass is 436 g/mol. The molecule has 2 heterocycles. The number of carbonyl (C=O) groups excluding carboxylic acids is 1. The van der Waals surface area contributed by atoms with Gasteiger partial charge in [0.15, 0.2) is 22.4 Å². The lowest BCUT2D eigenvalue weighted by Crippen LogP contribution is -2.24. The lowest BCUT2D eigenvalue weighted by atomic mass is 10.1. The van der Waals surface area contributed by atoms with Crippen LogP contribution in [0.5, 0.6) is 11.5 Å². The van der Waals surface area contributed by atoms with Crippen molar-refractivity contribution in [3.05, 3.63) is 82.5 Å². The number of nitrogens with zero attached hydrogens (tertiary/aromatic N) is 2. The molecule has 2 aromatic heterocycles. The lowest BCUT2D eigenvalue weighted by molar-refractivity contribution is 0.102. The molecule has 31 heavy (non-hydrogen) atoms. The van der Waals surface area contributed by atoms with Crippen molar-refractivity contribution in [3.63, 3.8) is 0 Å². The molecule has 0 fully saturated rings. The molecule has 0 aliphatic carbocycles. The highest BCUT2D eigenvalue weighted by Crippen LogP contribution is 2.28. The SMILES string of the molecule is COc1ccc(C(=O)CSc2nc3ccccc3c(=O)n2Cc2ccco2)cc1OC. The van der Waals surface area contributed by atoms with Crippen LogP contribution in [0.15, 0.2) is 75.2 Å². The minimum absolute atomic E-state index is 0.110. The number of methoxy groups -OCH3 is 2. The molecule has 2 aromatic carbocycles. The Bertz CT molecular complexity index is 1280. The van der Waals surface area contributed by atoms with E-state index in [4.69, 9.17) is 13.9 Å². The first-order valence-corrected chi connectivity index (χ1v) is 10.5. The van der Waals surface area contributed by atoms with Gasteiger partial charge in [0.2, 0.25) is 0 Å². The fraction of sp³-hybridized carbons (Fsp3) is 0.174. The number of rotatable bonds is 8. The van der Waals surface area contributed by atoms with Gasteiger partial charge in [-0.2, -0.15) is 0 Å². The third-order valence-electron chi connectivity index (χ3n) is 4.76. The standard InChI is InChI=1S/C23H20N2O5S/c1-28-20-10-9-15(12-21(20)29-2)19(26)14-31-23-24-18-8-4-3-7-17(18)22(27)25(23)13-16-6-5-11-30-16/h3-12H,13-14H2,1-2H3. The molecule has 8 heteroatoms. The highest BCUT2D eigenvalue weighted by molar-refractivity contribution is 7.99. The number of thioether (sulfide) groups is 1. The van der Waals surface area contributed by atoms with E-state index in [2.05, 4.69) is 4.98 Å². The Morgan fingerprint density at radius 2 is 1.87 bits per heavy atom. The van der Waals surface area contributed by atoms with Gasteiger partial charge in [-0.15, -0.1) is 0 Å². The van der Waals surface area contributed by atoms with E-state index in [0.29, 0.717) is 38.9 Å². The van der Waals surface area contributed by atoms with Gasteiger partial charge in [0, 0.05) is 5.56 Å². The average Bonchev–Trinajstić information content (AvgIpc) is 3.32. The molecular formula is C23H20N2O5S. The maximum Gasteiger partial charge on any atom is 0.262 e. The summed E-state index contributed by atoms with van der Waals surface area (Å²) in [5.41, 5.74) is 0.901. The van der Waals surface area contributed by atoms with Crippen LogP contribution in [0.1, 0.15) is 16.1 Å². The summed E-state index contributed by atoms with van der Waals surface area (Å²) in [5, 5.41) is 0.971. The first-order chi connectivity index (χ1) is 15.1. The summed E-state index contributed by atoms with van der Waals surface area (Å²) in [6, 6.07) is 15.7. The molecular weight excluding hydrogens is 416 g/mol. The lowest BCUT2D eigenvalue weighted by Gasteiger charge is -2.12. The van der Waals surface area contributed by atoms with Crippen molar-refractivity contribution >= 4 is 28.4 Å². The molecule has 0 aliphatic heterocycles. The smallest absolute Gasteiger partial charge is 0.262 e. The van der Waals surface area contributed by atoms with Crippen LogP contribution < -0.4 is 15.0 Å². The van der Waals surface area contributed by atoms with Gasteiger partial charge < -0.3 is 13.9 Å². The number of carbonyl (C=O) groups is 1. The second-order valence-corrected chi connectivity index (χ2v) is 7.61. The molecule has 0 amide bonds. The van der Waals surface area contributed by atoms with Gasteiger partial charge in [-0.25, -0.2) is 4.98 Å². The predicted octanol–water partition coefficient (Wildman–Crippen LogP) is 4.03. The maximum atomic E-state index is 13.1. The number of ether oxygens (including phenoxy) is 2. The van der Waals surface area contributed by atoms with E-state index in [1.165, 1.54) is 23.4 Å². The molecule has 0 radical (unpaired) electrons. The summed E-state index contributed by atoms with van der Waals surface area (Å²) in [7, 11) is 3.06. The van der Waals surface area contributed by atoms with Crippen molar-refractivity contribution in [1.82, 2.24) is 9.55 Å². The normalized spacial score (nSPS) is 10.9. The highest BCUT2D eigenvalue weighted by atomic mass is 32.2. The van der Waals surface area contributed by atoms with Crippen LogP contribution in [0.4, 0.5) is 0 Å². The van der Waals surface area contributed by atoms with E-state index in [9.17, 15) is 9.59 Å². The summed E-state index contributed by atoms with van der Waals surface area (Å²) in [6.45, 7) is 0.233. The van der Waals surface area contributed by atoms with Crippen LogP contribution in [-0.4, -0.2) is 35.3 Å². The quantitative estimate of drug-likeness (QED) is 0.234. The van der Waals surface area contributed by atoms with Crippen LogP contribution in [-0.2, 0) is 6.54 Å². The topological polar surface area (TPSA) is 83.6 Å². The number of hydrogen-bond donors (Lipinski definition) is 0. The van der Waals surface area contributed by atoms with Crippen molar-refractivity contribution in [2.45, 2.75) is 11.7 Å². The second kappa shape index (κ2) is 9.09. The number of ketones is 1. The van der Waals surface area contributed by atoms with Gasteiger partial charge in [0.25, 0.3) is 5.56 Å². The number of furan rings is 1. The van der Waals surface area contributed by atoms with Crippen LogP contribution in [0.3, 0.4) is 0 Å². The van der Waals surface area contributed by atoms with Crippen LogP contribution in [0.2, 0.25) is 0 Å². The molecule has 7 nitrogen and oxygen atoms in total. The largest absolute Gasteiger partial charge is 0.493 e. The van der Waals surface area contributed by atoms with E-state index in [-0.39, 0.29) is 23.6 Å². The number of benzene rings is 2. The average molecular weight is 436 g/mol. The van der Waals surface area contributed by atoms with E-state index in [1.807, 2.05) is 6.07 Å². The first kappa shape index (κ1) is 20.7. The van der Waals surface area contributed by atoms with E-state index in [0.717, 1.165) is 0 Å². The molecule has 0 spiro atoms. The molecule has 0 bridgehead atoms.